The molecule has 0 aromatic heterocycles. The third-order valence-corrected chi connectivity index (χ3v) is 5.91. The lowest BCUT2D eigenvalue weighted by molar-refractivity contribution is -0.128. The van der Waals surface area contributed by atoms with Crippen molar-refractivity contribution in [3.63, 3.8) is 0 Å². The van der Waals surface area contributed by atoms with Crippen LogP contribution >= 0.6 is 0 Å². The summed E-state index contributed by atoms with van der Waals surface area (Å²) in [6.07, 6.45) is 3.79. The smallest absolute Gasteiger partial charge is 0.250 e. The molecule has 2 aromatic rings. The van der Waals surface area contributed by atoms with Gasteiger partial charge in [0.05, 0.1) is 13.7 Å². The first-order valence-electron chi connectivity index (χ1n) is 11.0. The van der Waals surface area contributed by atoms with Crippen molar-refractivity contribution >= 4 is 29.1 Å². The van der Waals surface area contributed by atoms with Crippen LogP contribution in [0.2, 0.25) is 0 Å². The molecule has 7 nitrogen and oxygen atoms in total. The van der Waals surface area contributed by atoms with Gasteiger partial charge in [-0.2, -0.15) is 0 Å². The van der Waals surface area contributed by atoms with E-state index in [1.807, 2.05) is 31.2 Å². The van der Waals surface area contributed by atoms with Crippen LogP contribution in [0.4, 0.5) is 11.4 Å². The summed E-state index contributed by atoms with van der Waals surface area (Å²) in [6, 6.07) is 14.7. The van der Waals surface area contributed by atoms with E-state index in [2.05, 4.69) is 10.6 Å². The average Bonchev–Trinajstić information content (AvgIpc) is 2.80. The Morgan fingerprint density at radius 3 is 2.16 bits per heavy atom. The number of anilines is 2. The normalized spacial score (nSPS) is 14.8. The third-order valence-electron chi connectivity index (χ3n) is 5.91. The Morgan fingerprint density at radius 1 is 0.969 bits per heavy atom. The number of nitrogens with zero attached hydrogens (tertiary/aromatic N) is 1. The van der Waals surface area contributed by atoms with Crippen molar-refractivity contribution in [3.05, 3.63) is 54.1 Å². The molecule has 0 spiro atoms. The minimum absolute atomic E-state index is 0.166. The number of nitrogens with one attached hydrogen (secondary N) is 2. The van der Waals surface area contributed by atoms with Crippen LogP contribution in [-0.2, 0) is 14.4 Å². The zero-order valence-corrected chi connectivity index (χ0v) is 18.9. The topological polar surface area (TPSA) is 87.7 Å². The molecule has 2 aromatic carbocycles. The number of hydrogen-bond acceptors (Lipinski definition) is 4. The molecule has 0 radical (unpaired) electrons. The summed E-state index contributed by atoms with van der Waals surface area (Å²) < 4.78 is 5.19. The number of aryl methyl sites for hydroxylation is 1. The summed E-state index contributed by atoms with van der Waals surface area (Å²) in [6.45, 7) is 3.18. The SMILES string of the molecule is COc1ccc(NC(=O)C2(N(C(=O)CNC(C)=O)c3ccc(C)cc3)CCCCC2)cc1. The van der Waals surface area contributed by atoms with Gasteiger partial charge in [0.1, 0.15) is 11.3 Å². The second kappa shape index (κ2) is 10.3. The van der Waals surface area contributed by atoms with Gasteiger partial charge < -0.3 is 15.4 Å². The van der Waals surface area contributed by atoms with Gasteiger partial charge in [-0.15, -0.1) is 0 Å². The molecular formula is C25H31N3O4. The molecule has 0 atom stereocenters. The number of amides is 3. The molecule has 2 N–H and O–H groups in total. The number of ether oxygens (including phenoxy) is 1. The van der Waals surface area contributed by atoms with Crippen LogP contribution in [0.15, 0.2) is 48.5 Å². The molecule has 7 heteroatoms. The highest BCUT2D eigenvalue weighted by molar-refractivity contribution is 6.09. The van der Waals surface area contributed by atoms with Crippen molar-refractivity contribution in [3.8, 4) is 5.75 Å². The van der Waals surface area contributed by atoms with E-state index in [9.17, 15) is 14.4 Å². The molecule has 3 amide bonds. The predicted octanol–water partition coefficient (Wildman–Crippen LogP) is 3.81. The molecule has 3 rings (SSSR count). The van der Waals surface area contributed by atoms with E-state index >= 15 is 0 Å². The van der Waals surface area contributed by atoms with E-state index in [0.717, 1.165) is 24.8 Å². The third kappa shape index (κ3) is 5.28. The Hall–Kier alpha value is -3.35. The predicted molar refractivity (Wildman–Crippen MR) is 125 cm³/mol. The molecule has 1 fully saturated rings. The van der Waals surface area contributed by atoms with E-state index in [1.54, 1.807) is 36.3 Å². The molecule has 32 heavy (non-hydrogen) atoms. The second-order valence-electron chi connectivity index (χ2n) is 8.25. The maximum atomic E-state index is 13.7. The van der Waals surface area contributed by atoms with Gasteiger partial charge in [0.15, 0.2) is 0 Å². The van der Waals surface area contributed by atoms with Crippen LogP contribution in [-0.4, -0.2) is 36.9 Å². The van der Waals surface area contributed by atoms with Crippen LogP contribution in [0.1, 0.15) is 44.6 Å². The fourth-order valence-electron chi connectivity index (χ4n) is 4.21. The lowest BCUT2D eigenvalue weighted by Crippen LogP contribution is -2.62. The van der Waals surface area contributed by atoms with E-state index in [1.165, 1.54) is 6.92 Å². The van der Waals surface area contributed by atoms with Gasteiger partial charge in [-0.05, 0) is 56.2 Å². The minimum atomic E-state index is -1.04. The second-order valence-corrected chi connectivity index (χ2v) is 8.25. The van der Waals surface area contributed by atoms with Gasteiger partial charge in [0.25, 0.3) is 5.91 Å². The lowest BCUT2D eigenvalue weighted by Gasteiger charge is -2.45. The van der Waals surface area contributed by atoms with Crippen molar-refractivity contribution in [2.75, 3.05) is 23.9 Å². The van der Waals surface area contributed by atoms with Gasteiger partial charge in [0, 0.05) is 18.3 Å². The molecule has 1 aliphatic rings. The Bertz CT molecular complexity index is 948. The number of methoxy groups -OCH3 is 1. The van der Waals surface area contributed by atoms with Gasteiger partial charge in [0.2, 0.25) is 11.8 Å². The van der Waals surface area contributed by atoms with Gasteiger partial charge in [-0.1, -0.05) is 37.0 Å². The Kier molecular flexibility index (Phi) is 7.51. The largest absolute Gasteiger partial charge is 0.497 e. The summed E-state index contributed by atoms with van der Waals surface area (Å²) in [5.41, 5.74) is 1.31. The average molecular weight is 438 g/mol. The monoisotopic (exact) mass is 437 g/mol. The van der Waals surface area contributed by atoms with E-state index in [4.69, 9.17) is 4.74 Å². The van der Waals surface area contributed by atoms with Crippen molar-refractivity contribution in [1.29, 1.82) is 0 Å². The molecule has 0 aliphatic heterocycles. The number of carbonyl (C=O) groups is 3. The van der Waals surface area contributed by atoms with Gasteiger partial charge >= 0.3 is 0 Å². The molecule has 0 bridgehead atoms. The highest BCUT2D eigenvalue weighted by Crippen LogP contribution is 2.38. The van der Waals surface area contributed by atoms with Crippen LogP contribution < -0.4 is 20.3 Å². The highest BCUT2D eigenvalue weighted by Gasteiger charge is 2.47. The van der Waals surface area contributed by atoms with E-state index < -0.39 is 5.54 Å². The summed E-state index contributed by atoms with van der Waals surface area (Å²) in [4.78, 5) is 40.2. The maximum absolute atomic E-state index is 13.7. The van der Waals surface area contributed by atoms with Crippen molar-refractivity contribution in [2.45, 2.75) is 51.5 Å². The van der Waals surface area contributed by atoms with Crippen molar-refractivity contribution in [2.24, 2.45) is 0 Å². The fraction of sp³-hybridized carbons (Fsp3) is 0.400. The molecule has 170 valence electrons. The van der Waals surface area contributed by atoms with Crippen LogP contribution in [0, 0.1) is 6.92 Å². The maximum Gasteiger partial charge on any atom is 0.250 e. The van der Waals surface area contributed by atoms with E-state index in [0.29, 0.717) is 30.0 Å². The molecule has 1 saturated carbocycles. The van der Waals surface area contributed by atoms with Crippen molar-refractivity contribution < 1.29 is 19.1 Å². The zero-order valence-electron chi connectivity index (χ0n) is 18.9. The molecule has 0 saturated heterocycles. The highest BCUT2D eigenvalue weighted by atomic mass is 16.5. The summed E-state index contributed by atoms with van der Waals surface area (Å²) in [5, 5.41) is 5.60. The number of rotatable bonds is 7. The number of carbonyl (C=O) groups excluding carboxylic acids is 3. The van der Waals surface area contributed by atoms with E-state index in [-0.39, 0.29) is 24.3 Å². The molecular weight excluding hydrogens is 406 g/mol. The number of benzene rings is 2. The first kappa shape index (κ1) is 23.3. The number of hydrogen-bond donors (Lipinski definition) is 2. The molecule has 1 aliphatic carbocycles. The summed E-state index contributed by atoms with van der Waals surface area (Å²) in [7, 11) is 1.59. The zero-order chi connectivity index (χ0) is 23.1. The minimum Gasteiger partial charge on any atom is -0.497 e. The van der Waals surface area contributed by atoms with Crippen LogP contribution in [0.3, 0.4) is 0 Å². The van der Waals surface area contributed by atoms with Crippen molar-refractivity contribution in [1.82, 2.24) is 5.32 Å². The quantitative estimate of drug-likeness (QED) is 0.689. The summed E-state index contributed by atoms with van der Waals surface area (Å²) >= 11 is 0. The standard InChI is InChI=1S/C25H31N3O4/c1-18-7-11-21(12-8-18)28(23(30)17-26-19(2)29)25(15-5-4-6-16-25)24(31)27-20-9-13-22(32-3)14-10-20/h7-14H,4-6,15-17H2,1-3H3,(H,26,29)(H,27,31). The van der Waals surface area contributed by atoms with Gasteiger partial charge in [-0.3, -0.25) is 19.3 Å². The Morgan fingerprint density at radius 2 is 1.59 bits per heavy atom. The molecule has 0 unspecified atom stereocenters. The van der Waals surface area contributed by atoms with Crippen LogP contribution in [0.5, 0.6) is 5.75 Å². The lowest BCUT2D eigenvalue weighted by atomic mass is 9.78. The Labute approximate surface area is 189 Å². The fourth-order valence-corrected chi connectivity index (χ4v) is 4.21. The summed E-state index contributed by atoms with van der Waals surface area (Å²) in [5.74, 6) is -0.125. The van der Waals surface area contributed by atoms with Gasteiger partial charge in [-0.25, -0.2) is 0 Å². The Balaban J connectivity index is 1.99. The first-order valence-corrected chi connectivity index (χ1v) is 11.0. The first-order chi connectivity index (χ1) is 15.4. The molecule has 0 heterocycles. The van der Waals surface area contributed by atoms with Crippen LogP contribution in [0.25, 0.3) is 0 Å².